The summed E-state index contributed by atoms with van der Waals surface area (Å²) in [5.74, 6) is 1.19. The van der Waals surface area contributed by atoms with Crippen molar-refractivity contribution in [1.82, 2.24) is 10.6 Å². The highest BCUT2D eigenvalue weighted by molar-refractivity contribution is 7.92. The summed E-state index contributed by atoms with van der Waals surface area (Å²) in [5, 5.41) is 6.32. The van der Waals surface area contributed by atoms with Gasteiger partial charge in [0.15, 0.2) is 15.8 Å². The molecule has 0 saturated carbocycles. The average Bonchev–Trinajstić information content (AvgIpc) is 2.38. The van der Waals surface area contributed by atoms with Crippen LogP contribution in [0.1, 0.15) is 41.0 Å². The van der Waals surface area contributed by atoms with Gasteiger partial charge in [0.1, 0.15) is 0 Å². The number of aliphatic imine (C=N–C) groups is 1. The minimum absolute atomic E-state index is 0.227. The maximum absolute atomic E-state index is 11.7. The first-order valence-electron chi connectivity index (χ1n) is 7.89. The lowest BCUT2D eigenvalue weighted by atomic mass is 10.2. The van der Waals surface area contributed by atoms with Gasteiger partial charge in [-0.15, -0.1) is 0 Å². The fourth-order valence-corrected chi connectivity index (χ4v) is 1.73. The number of rotatable bonds is 10. The molecule has 0 saturated heterocycles. The Morgan fingerprint density at radius 1 is 1.27 bits per heavy atom. The van der Waals surface area contributed by atoms with Crippen LogP contribution in [0.4, 0.5) is 0 Å². The summed E-state index contributed by atoms with van der Waals surface area (Å²) in [6.07, 6.45) is 2.13. The van der Waals surface area contributed by atoms with Crippen molar-refractivity contribution < 1.29 is 13.2 Å². The van der Waals surface area contributed by atoms with Gasteiger partial charge < -0.3 is 15.4 Å². The largest absolute Gasteiger partial charge is 0.381 e. The number of guanidine groups is 1. The van der Waals surface area contributed by atoms with Gasteiger partial charge in [0.05, 0.1) is 11.3 Å². The molecule has 132 valence electrons. The zero-order valence-electron chi connectivity index (χ0n) is 14.9. The number of ether oxygens (including phenoxy) is 1. The molecule has 0 spiro atoms. The van der Waals surface area contributed by atoms with Gasteiger partial charge in [-0.2, -0.15) is 0 Å². The van der Waals surface area contributed by atoms with Crippen molar-refractivity contribution in [3.05, 3.63) is 0 Å². The van der Waals surface area contributed by atoms with Crippen molar-refractivity contribution in [1.29, 1.82) is 0 Å². The Morgan fingerprint density at radius 2 is 1.91 bits per heavy atom. The molecular formula is C15H33N3O3S. The molecule has 0 fully saturated rings. The fourth-order valence-electron chi connectivity index (χ4n) is 1.43. The van der Waals surface area contributed by atoms with E-state index in [1.165, 1.54) is 6.26 Å². The zero-order valence-corrected chi connectivity index (χ0v) is 15.7. The Labute approximate surface area is 136 Å². The molecule has 0 aromatic rings. The van der Waals surface area contributed by atoms with Crippen LogP contribution in [0.25, 0.3) is 0 Å². The predicted octanol–water partition coefficient (Wildman–Crippen LogP) is 1.43. The van der Waals surface area contributed by atoms with E-state index in [2.05, 4.69) is 29.5 Å². The summed E-state index contributed by atoms with van der Waals surface area (Å²) in [6, 6.07) is 0. The molecule has 0 aliphatic rings. The van der Waals surface area contributed by atoms with Gasteiger partial charge in [-0.1, -0.05) is 13.8 Å². The van der Waals surface area contributed by atoms with Gasteiger partial charge in [-0.05, 0) is 33.1 Å². The highest BCUT2D eigenvalue weighted by Gasteiger charge is 2.29. The maximum Gasteiger partial charge on any atom is 0.191 e. The third-order valence-corrected chi connectivity index (χ3v) is 5.31. The maximum atomic E-state index is 11.7. The molecule has 0 heterocycles. The van der Waals surface area contributed by atoms with Crippen molar-refractivity contribution in [3.8, 4) is 0 Å². The summed E-state index contributed by atoms with van der Waals surface area (Å²) in [5.41, 5.74) is 0. The summed E-state index contributed by atoms with van der Waals surface area (Å²) >= 11 is 0. The second kappa shape index (κ2) is 10.0. The highest BCUT2D eigenvalue weighted by Crippen LogP contribution is 2.14. The molecule has 0 rings (SSSR count). The van der Waals surface area contributed by atoms with Crippen molar-refractivity contribution in [2.45, 2.75) is 45.8 Å². The van der Waals surface area contributed by atoms with E-state index in [0.29, 0.717) is 18.5 Å². The van der Waals surface area contributed by atoms with Crippen LogP contribution >= 0.6 is 0 Å². The lowest BCUT2D eigenvalue weighted by Gasteiger charge is -2.21. The van der Waals surface area contributed by atoms with Crippen LogP contribution in [-0.2, 0) is 14.6 Å². The fraction of sp³-hybridized carbons (Fsp3) is 0.933. The van der Waals surface area contributed by atoms with Crippen molar-refractivity contribution in [2.75, 3.05) is 39.1 Å². The van der Waals surface area contributed by atoms with Crippen molar-refractivity contribution in [2.24, 2.45) is 10.9 Å². The van der Waals surface area contributed by atoms with E-state index in [-0.39, 0.29) is 6.54 Å². The van der Waals surface area contributed by atoms with Gasteiger partial charge in [0.25, 0.3) is 0 Å². The Hall–Kier alpha value is -0.820. The highest BCUT2D eigenvalue weighted by atomic mass is 32.2. The quantitative estimate of drug-likeness (QED) is 0.359. The van der Waals surface area contributed by atoms with Gasteiger partial charge >= 0.3 is 0 Å². The standard InChI is InChI=1S/C15H33N3O3S/c1-7-16-14(17-9-8-10-21-11-13(2)3)18-12-15(4,5)22(6,19)20/h13H,7-12H2,1-6H3,(H2,16,17,18). The molecule has 0 aliphatic carbocycles. The van der Waals surface area contributed by atoms with Crippen LogP contribution in [0.2, 0.25) is 0 Å². The molecule has 0 aromatic heterocycles. The molecule has 2 N–H and O–H groups in total. The third kappa shape index (κ3) is 9.25. The Kier molecular flexibility index (Phi) is 9.67. The van der Waals surface area contributed by atoms with Crippen LogP contribution < -0.4 is 10.6 Å². The number of nitrogens with zero attached hydrogens (tertiary/aromatic N) is 1. The van der Waals surface area contributed by atoms with Crippen molar-refractivity contribution in [3.63, 3.8) is 0 Å². The molecular weight excluding hydrogens is 302 g/mol. The first-order chi connectivity index (χ1) is 10.1. The molecule has 0 aliphatic heterocycles. The average molecular weight is 336 g/mol. The SMILES string of the molecule is CCNC(=NCC(C)(C)S(C)(=O)=O)NCCCOCC(C)C. The van der Waals surface area contributed by atoms with E-state index in [1.54, 1.807) is 13.8 Å². The van der Waals surface area contributed by atoms with E-state index in [1.807, 2.05) is 6.92 Å². The zero-order chi connectivity index (χ0) is 17.2. The number of hydrogen-bond acceptors (Lipinski definition) is 4. The van der Waals surface area contributed by atoms with Crippen LogP contribution in [0, 0.1) is 5.92 Å². The van der Waals surface area contributed by atoms with E-state index in [9.17, 15) is 8.42 Å². The third-order valence-electron chi connectivity index (χ3n) is 3.18. The van der Waals surface area contributed by atoms with Gasteiger partial charge in [-0.3, -0.25) is 4.99 Å². The summed E-state index contributed by atoms with van der Waals surface area (Å²) in [6.45, 7) is 12.8. The minimum Gasteiger partial charge on any atom is -0.381 e. The van der Waals surface area contributed by atoms with Gasteiger partial charge in [-0.25, -0.2) is 8.42 Å². The molecule has 0 radical (unpaired) electrons. The summed E-state index contributed by atoms with van der Waals surface area (Å²) < 4.78 is 28.0. The second-order valence-electron chi connectivity index (χ2n) is 6.48. The first-order valence-corrected chi connectivity index (χ1v) is 9.79. The second-order valence-corrected chi connectivity index (χ2v) is 9.13. The Balaban J connectivity index is 4.28. The summed E-state index contributed by atoms with van der Waals surface area (Å²) in [7, 11) is -3.14. The Morgan fingerprint density at radius 3 is 2.41 bits per heavy atom. The molecule has 7 heteroatoms. The molecule has 0 unspecified atom stereocenters. The molecule has 6 nitrogen and oxygen atoms in total. The van der Waals surface area contributed by atoms with Crippen LogP contribution in [0.5, 0.6) is 0 Å². The molecule has 22 heavy (non-hydrogen) atoms. The predicted molar refractivity (Wildman–Crippen MR) is 93.2 cm³/mol. The molecule has 0 aromatic carbocycles. The number of nitrogens with one attached hydrogen (secondary N) is 2. The smallest absolute Gasteiger partial charge is 0.191 e. The first kappa shape index (κ1) is 21.2. The van der Waals surface area contributed by atoms with Crippen LogP contribution in [0.15, 0.2) is 4.99 Å². The van der Waals surface area contributed by atoms with E-state index in [0.717, 1.165) is 26.1 Å². The lowest BCUT2D eigenvalue weighted by molar-refractivity contribution is 0.108. The normalized spacial score (nSPS) is 13.5. The topological polar surface area (TPSA) is 79.8 Å². The number of sulfone groups is 1. The van der Waals surface area contributed by atoms with E-state index in [4.69, 9.17) is 4.74 Å². The molecule has 0 bridgehead atoms. The van der Waals surface area contributed by atoms with E-state index < -0.39 is 14.6 Å². The lowest BCUT2D eigenvalue weighted by Crippen LogP contribution is -2.41. The van der Waals surface area contributed by atoms with Crippen LogP contribution in [0.3, 0.4) is 0 Å². The molecule has 0 amide bonds. The minimum atomic E-state index is -3.14. The number of hydrogen-bond donors (Lipinski definition) is 2. The van der Waals surface area contributed by atoms with Crippen molar-refractivity contribution >= 4 is 15.8 Å². The van der Waals surface area contributed by atoms with Gasteiger partial charge in [0, 0.05) is 32.6 Å². The van der Waals surface area contributed by atoms with Crippen LogP contribution in [-0.4, -0.2) is 58.2 Å². The monoisotopic (exact) mass is 335 g/mol. The Bertz CT molecular complexity index is 431. The summed E-state index contributed by atoms with van der Waals surface area (Å²) in [4.78, 5) is 4.37. The molecule has 0 atom stereocenters. The van der Waals surface area contributed by atoms with Gasteiger partial charge in [0.2, 0.25) is 0 Å². The van der Waals surface area contributed by atoms with E-state index >= 15 is 0 Å².